The second-order valence-corrected chi connectivity index (χ2v) is 14.4. The molecule has 0 fully saturated rings. The molecule has 156 valence electrons. The molecule has 8 heteroatoms. The van der Waals surface area contributed by atoms with E-state index in [2.05, 4.69) is 24.7 Å². The minimum Gasteiger partial charge on any atom is -0.389 e. The molecule has 1 aromatic carbocycles. The largest absolute Gasteiger partial charge is 0.389 e. The topological polar surface area (TPSA) is 82.2 Å². The monoisotopic (exact) mass is 414 g/mol. The zero-order chi connectivity index (χ0) is 21.3. The Balaban J connectivity index is 2.02. The van der Waals surface area contributed by atoms with Crippen LogP contribution in [-0.2, 0) is 18.5 Å². The Hall–Kier alpha value is -2.29. The van der Waals surface area contributed by atoms with Gasteiger partial charge in [-0.1, -0.05) is 25.7 Å². The number of nitrogens with zero attached hydrogens (tertiary/aromatic N) is 4. The molecule has 29 heavy (non-hydrogen) atoms. The van der Waals surface area contributed by atoms with E-state index in [0.717, 1.165) is 11.6 Å². The first-order valence-corrected chi connectivity index (χ1v) is 13.6. The number of hydrogen-bond acceptors (Lipinski definition) is 5. The highest BCUT2D eigenvalue weighted by molar-refractivity contribution is 6.76. The molecule has 0 amide bonds. The van der Waals surface area contributed by atoms with Gasteiger partial charge in [0, 0.05) is 33.5 Å². The van der Waals surface area contributed by atoms with Crippen LogP contribution in [0.15, 0.2) is 29.2 Å². The van der Waals surface area contributed by atoms with Crippen LogP contribution in [0.25, 0.3) is 22.4 Å². The zero-order valence-electron chi connectivity index (χ0n) is 18.1. The summed E-state index contributed by atoms with van der Waals surface area (Å²) < 4.78 is 9.08. The molecule has 1 atom stereocenters. The number of aryl methyl sites for hydroxylation is 1. The summed E-state index contributed by atoms with van der Waals surface area (Å²) in [5.41, 5.74) is 2.65. The summed E-state index contributed by atoms with van der Waals surface area (Å²) in [7, 11) is 0.545. The van der Waals surface area contributed by atoms with E-state index in [-0.39, 0.29) is 5.56 Å². The van der Waals surface area contributed by atoms with Crippen molar-refractivity contribution in [1.29, 1.82) is 0 Å². The third-order valence-electron chi connectivity index (χ3n) is 4.96. The zero-order valence-corrected chi connectivity index (χ0v) is 19.1. The molecule has 7 nitrogen and oxygen atoms in total. The number of rotatable bonds is 7. The van der Waals surface area contributed by atoms with Crippen molar-refractivity contribution in [2.75, 3.05) is 6.61 Å². The van der Waals surface area contributed by atoms with Crippen molar-refractivity contribution in [3.8, 4) is 11.5 Å². The Morgan fingerprint density at radius 2 is 2.00 bits per heavy atom. The fourth-order valence-corrected chi connectivity index (χ4v) is 4.01. The van der Waals surface area contributed by atoms with E-state index in [0.29, 0.717) is 41.3 Å². The molecule has 0 saturated heterocycles. The minimum atomic E-state index is -1.16. The summed E-state index contributed by atoms with van der Waals surface area (Å²) in [6.07, 6.45) is 0.956. The summed E-state index contributed by atoms with van der Waals surface area (Å²) >= 11 is 0. The first-order valence-electron chi connectivity index (χ1n) is 9.88. The van der Waals surface area contributed by atoms with Crippen molar-refractivity contribution >= 4 is 19.0 Å². The van der Waals surface area contributed by atoms with Crippen molar-refractivity contribution in [3.05, 3.63) is 45.9 Å². The molecule has 0 aliphatic carbocycles. The number of benzene rings is 1. The lowest BCUT2D eigenvalue weighted by atomic mass is 10.0. The highest BCUT2D eigenvalue weighted by Gasteiger charge is 2.18. The highest BCUT2D eigenvalue weighted by atomic mass is 28.3. The van der Waals surface area contributed by atoms with Gasteiger partial charge in [-0.3, -0.25) is 9.36 Å². The van der Waals surface area contributed by atoms with E-state index in [1.165, 1.54) is 4.57 Å². The second kappa shape index (κ2) is 8.21. The molecule has 0 spiro atoms. The minimum absolute atomic E-state index is 0.150. The van der Waals surface area contributed by atoms with E-state index < -0.39 is 14.2 Å². The molecule has 2 aromatic heterocycles. The van der Waals surface area contributed by atoms with Crippen molar-refractivity contribution in [1.82, 2.24) is 19.3 Å². The van der Waals surface area contributed by atoms with Crippen LogP contribution < -0.4 is 5.56 Å². The standard InChI is InChI=1S/C21H30N4O3Si/c1-14-11-16(15(2)26)19-17(12-14)21(27)24(3)20(23-19)18-7-8-22-25(18)13-28-9-10-29(4,5)6/h7-8,11-12,15,26H,9-10,13H2,1-6H3. The van der Waals surface area contributed by atoms with Crippen LogP contribution >= 0.6 is 0 Å². The lowest BCUT2D eigenvalue weighted by Crippen LogP contribution is -2.23. The lowest BCUT2D eigenvalue weighted by Gasteiger charge is -2.17. The molecule has 1 N–H and O–H groups in total. The van der Waals surface area contributed by atoms with Crippen molar-refractivity contribution in [3.63, 3.8) is 0 Å². The van der Waals surface area contributed by atoms with Crippen molar-refractivity contribution < 1.29 is 9.84 Å². The molecule has 0 radical (unpaired) electrons. The van der Waals surface area contributed by atoms with E-state index in [1.807, 2.05) is 25.1 Å². The summed E-state index contributed by atoms with van der Waals surface area (Å²) in [5, 5.41) is 15.1. The number of aliphatic hydroxyl groups is 1. The molecule has 2 heterocycles. The lowest BCUT2D eigenvalue weighted by molar-refractivity contribution is 0.0796. The third-order valence-corrected chi connectivity index (χ3v) is 6.66. The molecule has 3 rings (SSSR count). The summed E-state index contributed by atoms with van der Waals surface area (Å²) in [4.78, 5) is 17.8. The maximum absolute atomic E-state index is 13.0. The SMILES string of the molecule is Cc1cc(C(C)O)c2nc(-c3ccnn3COCC[Si](C)(C)C)n(C)c(=O)c2c1. The Morgan fingerprint density at radius 1 is 1.28 bits per heavy atom. The first-order chi connectivity index (χ1) is 13.6. The summed E-state index contributed by atoms with van der Waals surface area (Å²) in [6, 6.07) is 6.59. The van der Waals surface area contributed by atoms with Gasteiger partial charge < -0.3 is 9.84 Å². The predicted molar refractivity (Wildman–Crippen MR) is 118 cm³/mol. The quantitative estimate of drug-likeness (QED) is 0.473. The van der Waals surface area contributed by atoms with E-state index in [9.17, 15) is 9.90 Å². The Labute approximate surface area is 172 Å². The van der Waals surface area contributed by atoms with Gasteiger partial charge in [0.25, 0.3) is 5.56 Å². The van der Waals surface area contributed by atoms with Crippen LogP contribution in [0.4, 0.5) is 0 Å². The van der Waals surface area contributed by atoms with Gasteiger partial charge >= 0.3 is 0 Å². The van der Waals surface area contributed by atoms with Gasteiger partial charge in [-0.2, -0.15) is 5.10 Å². The number of fused-ring (bicyclic) bond motifs is 1. The first kappa shape index (κ1) is 21.4. The Morgan fingerprint density at radius 3 is 2.66 bits per heavy atom. The molecule has 0 aliphatic rings. The Kier molecular flexibility index (Phi) is 6.07. The fourth-order valence-electron chi connectivity index (χ4n) is 3.25. The highest BCUT2D eigenvalue weighted by Crippen LogP contribution is 2.25. The number of aliphatic hydroxyl groups excluding tert-OH is 1. The average molecular weight is 415 g/mol. The smallest absolute Gasteiger partial charge is 0.261 e. The second-order valence-electron chi connectivity index (χ2n) is 8.79. The molecular formula is C21H30N4O3Si. The van der Waals surface area contributed by atoms with Crippen LogP contribution in [-0.4, -0.2) is 39.1 Å². The molecule has 0 bridgehead atoms. The van der Waals surface area contributed by atoms with E-state index in [1.54, 1.807) is 24.9 Å². The van der Waals surface area contributed by atoms with Crippen LogP contribution in [0.1, 0.15) is 24.2 Å². The van der Waals surface area contributed by atoms with Crippen LogP contribution in [0.5, 0.6) is 0 Å². The molecule has 0 aliphatic heterocycles. The van der Waals surface area contributed by atoms with Crippen molar-refractivity contribution in [2.45, 2.75) is 52.4 Å². The van der Waals surface area contributed by atoms with Gasteiger partial charge in [-0.15, -0.1) is 0 Å². The van der Waals surface area contributed by atoms with Crippen LogP contribution in [0.3, 0.4) is 0 Å². The maximum atomic E-state index is 13.0. The van der Waals surface area contributed by atoms with Gasteiger partial charge in [0.05, 0.1) is 17.0 Å². The molecule has 3 aromatic rings. The average Bonchev–Trinajstić information content (AvgIpc) is 3.09. The van der Waals surface area contributed by atoms with Gasteiger partial charge in [-0.05, 0) is 37.6 Å². The van der Waals surface area contributed by atoms with E-state index >= 15 is 0 Å². The molecular weight excluding hydrogens is 384 g/mol. The fraction of sp³-hybridized carbons (Fsp3) is 0.476. The normalized spacial score (nSPS) is 13.2. The number of hydrogen-bond donors (Lipinski definition) is 1. The molecule has 0 saturated carbocycles. The molecule has 1 unspecified atom stereocenters. The number of ether oxygens (including phenoxy) is 1. The van der Waals surface area contributed by atoms with Crippen molar-refractivity contribution in [2.24, 2.45) is 7.05 Å². The maximum Gasteiger partial charge on any atom is 0.261 e. The van der Waals surface area contributed by atoms with Gasteiger partial charge in [0.1, 0.15) is 12.4 Å². The predicted octanol–water partition coefficient (Wildman–Crippen LogP) is 3.47. The third kappa shape index (κ3) is 4.66. The summed E-state index contributed by atoms with van der Waals surface area (Å²) in [5.74, 6) is 0.500. The van der Waals surface area contributed by atoms with Crippen LogP contribution in [0, 0.1) is 6.92 Å². The van der Waals surface area contributed by atoms with Gasteiger partial charge in [-0.25, -0.2) is 9.67 Å². The van der Waals surface area contributed by atoms with Gasteiger partial charge in [0.15, 0.2) is 5.82 Å². The number of aromatic nitrogens is 4. The van der Waals surface area contributed by atoms with E-state index in [4.69, 9.17) is 9.72 Å². The van der Waals surface area contributed by atoms with Crippen LogP contribution in [0.2, 0.25) is 25.7 Å². The van der Waals surface area contributed by atoms with Gasteiger partial charge in [0.2, 0.25) is 0 Å². The summed E-state index contributed by atoms with van der Waals surface area (Å²) in [6.45, 7) is 11.5. The Bertz CT molecular complexity index is 1080.